The lowest BCUT2D eigenvalue weighted by Crippen LogP contribution is -2.03. The molecule has 68 valence electrons. The first-order valence-corrected chi connectivity index (χ1v) is 4.18. The van der Waals surface area contributed by atoms with Crippen LogP contribution in [0.1, 0.15) is 0 Å². The number of thioether (sulfide) groups is 1. The minimum atomic E-state index is -1.28. The first-order chi connectivity index (χ1) is 6.18. The van der Waals surface area contributed by atoms with Gasteiger partial charge in [-0.3, -0.25) is 0 Å². The molecule has 0 spiro atoms. The van der Waals surface area contributed by atoms with E-state index in [9.17, 15) is 9.59 Å². The second-order valence-electron chi connectivity index (χ2n) is 2.03. The lowest BCUT2D eigenvalue weighted by Gasteiger charge is -1.99. The molecule has 1 rings (SSSR count). The van der Waals surface area contributed by atoms with Gasteiger partial charge in [0.25, 0.3) is 0 Å². The molecular weight excluding hydrogens is 192 g/mol. The molecule has 0 aliphatic rings. The van der Waals surface area contributed by atoms with Crippen molar-refractivity contribution in [3.8, 4) is 5.75 Å². The van der Waals surface area contributed by atoms with E-state index in [1.165, 1.54) is 0 Å². The Balaban J connectivity index is 2.50. The summed E-state index contributed by atoms with van der Waals surface area (Å²) >= 11 is 0.105. The van der Waals surface area contributed by atoms with Crippen LogP contribution in [0.3, 0.4) is 0 Å². The maximum atomic E-state index is 10.8. The Morgan fingerprint density at radius 1 is 1.23 bits per heavy atom. The van der Waals surface area contributed by atoms with E-state index in [1.54, 1.807) is 30.3 Å². The molecule has 1 aromatic carbocycles. The number of carbonyl (C=O) groups excluding carboxylic acids is 1. The topological polar surface area (TPSA) is 63.6 Å². The van der Waals surface area contributed by atoms with Crippen molar-refractivity contribution in [1.29, 1.82) is 0 Å². The van der Waals surface area contributed by atoms with Gasteiger partial charge in [0.2, 0.25) is 0 Å². The lowest BCUT2D eigenvalue weighted by atomic mass is 10.3. The zero-order valence-electron chi connectivity index (χ0n) is 6.47. The zero-order valence-corrected chi connectivity index (χ0v) is 7.28. The minimum Gasteiger partial charge on any atom is -0.473 e. The highest BCUT2D eigenvalue weighted by molar-refractivity contribution is 8.25. The molecule has 0 aliphatic carbocycles. The summed E-state index contributed by atoms with van der Waals surface area (Å²) in [6.07, 6.45) is 0. The molecule has 0 bridgehead atoms. The van der Waals surface area contributed by atoms with E-state index in [0.29, 0.717) is 5.75 Å². The summed E-state index contributed by atoms with van der Waals surface area (Å²) in [5, 5.41) is 6.10. The average molecular weight is 198 g/mol. The summed E-state index contributed by atoms with van der Waals surface area (Å²) in [7, 11) is 0. The van der Waals surface area contributed by atoms with Gasteiger partial charge in [-0.1, -0.05) is 18.2 Å². The molecule has 0 saturated carbocycles. The van der Waals surface area contributed by atoms with Gasteiger partial charge in [-0.05, 0) is 12.1 Å². The Bertz CT molecular complexity index is 309. The third-order valence-corrected chi connectivity index (χ3v) is 1.54. The van der Waals surface area contributed by atoms with Crippen LogP contribution < -0.4 is 4.74 Å². The van der Waals surface area contributed by atoms with Crippen LogP contribution in [0, 0.1) is 0 Å². The van der Waals surface area contributed by atoms with Gasteiger partial charge in [0, 0.05) is 0 Å². The van der Waals surface area contributed by atoms with Crippen molar-refractivity contribution in [2.24, 2.45) is 0 Å². The van der Waals surface area contributed by atoms with Gasteiger partial charge in [-0.15, -0.1) is 0 Å². The molecule has 1 N–H and O–H groups in total. The van der Waals surface area contributed by atoms with Crippen molar-refractivity contribution in [1.82, 2.24) is 0 Å². The molecular formula is C8H6O4S. The van der Waals surface area contributed by atoms with E-state index in [1.807, 2.05) is 0 Å². The highest BCUT2D eigenvalue weighted by Crippen LogP contribution is 2.13. The number of hydrogen-bond donors (Lipinski definition) is 1. The van der Waals surface area contributed by atoms with Gasteiger partial charge in [0.05, 0.1) is 11.8 Å². The first-order valence-electron chi connectivity index (χ1n) is 3.36. The fourth-order valence-electron chi connectivity index (χ4n) is 0.677. The smallest absolute Gasteiger partial charge is 0.383 e. The fourth-order valence-corrected chi connectivity index (χ4v) is 0.957. The van der Waals surface area contributed by atoms with E-state index >= 15 is 0 Å². The molecule has 5 heteroatoms. The molecule has 1 aromatic rings. The number of ether oxygens (including phenoxy) is 1. The van der Waals surface area contributed by atoms with Gasteiger partial charge < -0.3 is 9.84 Å². The summed E-state index contributed by atoms with van der Waals surface area (Å²) in [5.41, 5.74) is 0. The third kappa shape index (κ3) is 3.62. The Kier molecular flexibility index (Phi) is 3.33. The Labute approximate surface area is 78.5 Å². The van der Waals surface area contributed by atoms with Crippen LogP contribution in [-0.4, -0.2) is 15.7 Å². The lowest BCUT2D eigenvalue weighted by molar-refractivity contribution is 0.219. The molecule has 0 saturated heterocycles. The maximum Gasteiger partial charge on any atom is 0.383 e. The second-order valence-corrected chi connectivity index (χ2v) is 2.92. The molecule has 0 atom stereocenters. The van der Waals surface area contributed by atoms with Crippen LogP contribution in [0.2, 0.25) is 0 Å². The van der Waals surface area contributed by atoms with Crippen LogP contribution in [0.15, 0.2) is 30.3 Å². The quantitative estimate of drug-likeness (QED) is 0.702. The predicted octanol–water partition coefficient (Wildman–Crippen LogP) is 2.60. The van der Waals surface area contributed by atoms with Gasteiger partial charge >= 0.3 is 10.6 Å². The van der Waals surface area contributed by atoms with E-state index in [-0.39, 0.29) is 11.8 Å². The summed E-state index contributed by atoms with van der Waals surface area (Å²) in [6, 6.07) is 8.28. The minimum absolute atomic E-state index is 0.105. The Hall–Kier alpha value is -1.49. The fraction of sp³-hybridized carbons (Fsp3) is 0. The van der Waals surface area contributed by atoms with Gasteiger partial charge in [-0.25, -0.2) is 9.59 Å². The van der Waals surface area contributed by atoms with Crippen molar-refractivity contribution in [2.45, 2.75) is 0 Å². The number of carbonyl (C=O) groups is 2. The normalized spacial score (nSPS) is 9.23. The second kappa shape index (κ2) is 4.51. The number of rotatable bonds is 1. The van der Waals surface area contributed by atoms with Crippen LogP contribution in [-0.2, 0) is 0 Å². The predicted molar refractivity (Wildman–Crippen MR) is 48.1 cm³/mol. The molecule has 0 aliphatic heterocycles. The number of carboxylic acid groups (broad SMARTS) is 1. The van der Waals surface area contributed by atoms with Crippen molar-refractivity contribution < 1.29 is 19.4 Å². The Morgan fingerprint density at radius 2 is 1.85 bits per heavy atom. The van der Waals surface area contributed by atoms with Crippen LogP contribution >= 0.6 is 11.8 Å². The van der Waals surface area contributed by atoms with E-state index in [0.717, 1.165) is 0 Å². The molecule has 13 heavy (non-hydrogen) atoms. The van der Waals surface area contributed by atoms with Gasteiger partial charge in [-0.2, -0.15) is 0 Å². The van der Waals surface area contributed by atoms with Crippen molar-refractivity contribution in [3.63, 3.8) is 0 Å². The number of para-hydroxylation sites is 1. The van der Waals surface area contributed by atoms with Crippen molar-refractivity contribution >= 4 is 22.4 Å². The molecule has 0 unspecified atom stereocenters. The third-order valence-electron chi connectivity index (χ3n) is 1.12. The first kappa shape index (κ1) is 9.60. The molecule has 0 amide bonds. The van der Waals surface area contributed by atoms with Gasteiger partial charge in [0.1, 0.15) is 5.75 Å². The molecule has 0 aromatic heterocycles. The Morgan fingerprint density at radius 3 is 2.38 bits per heavy atom. The largest absolute Gasteiger partial charge is 0.473 e. The SMILES string of the molecule is O=C(O)SC(=O)Oc1ccccc1. The highest BCUT2D eigenvalue weighted by Gasteiger charge is 2.10. The van der Waals surface area contributed by atoms with Crippen molar-refractivity contribution in [3.05, 3.63) is 30.3 Å². The summed E-state index contributed by atoms with van der Waals surface area (Å²) < 4.78 is 4.67. The standard InChI is InChI=1S/C8H6O4S/c9-7(10)13-8(11)12-6-4-2-1-3-5-6/h1-5H,(H,9,10). The van der Waals surface area contributed by atoms with E-state index < -0.39 is 10.6 Å². The van der Waals surface area contributed by atoms with Crippen LogP contribution in [0.25, 0.3) is 0 Å². The van der Waals surface area contributed by atoms with Crippen molar-refractivity contribution in [2.75, 3.05) is 0 Å². The van der Waals surface area contributed by atoms with Gasteiger partial charge in [0.15, 0.2) is 0 Å². The number of benzene rings is 1. The van der Waals surface area contributed by atoms with E-state index in [2.05, 4.69) is 4.74 Å². The molecule has 0 radical (unpaired) electrons. The maximum absolute atomic E-state index is 10.8. The number of hydrogen-bond acceptors (Lipinski definition) is 4. The molecule has 0 fully saturated rings. The molecule has 0 heterocycles. The summed E-state index contributed by atoms with van der Waals surface area (Å²) in [5.74, 6) is 0.334. The monoisotopic (exact) mass is 198 g/mol. The highest BCUT2D eigenvalue weighted by atomic mass is 32.2. The molecule has 4 nitrogen and oxygen atoms in total. The zero-order chi connectivity index (χ0) is 9.68. The average Bonchev–Trinajstić information content (AvgIpc) is 2.04. The van der Waals surface area contributed by atoms with Crippen LogP contribution in [0.5, 0.6) is 5.75 Å². The summed E-state index contributed by atoms with van der Waals surface area (Å²) in [4.78, 5) is 20.8. The van der Waals surface area contributed by atoms with E-state index in [4.69, 9.17) is 5.11 Å². The summed E-state index contributed by atoms with van der Waals surface area (Å²) in [6.45, 7) is 0. The van der Waals surface area contributed by atoms with Crippen LogP contribution in [0.4, 0.5) is 9.59 Å².